The average Bonchev–Trinajstić information content (AvgIpc) is 3.08. The van der Waals surface area contributed by atoms with Crippen molar-refractivity contribution in [3.8, 4) is 0 Å². The molecular formula is C21H32N4O3. The zero-order chi connectivity index (χ0) is 20.1. The minimum Gasteiger partial charge on any atom is -0.466 e. The zero-order valence-electron chi connectivity index (χ0n) is 17.4. The van der Waals surface area contributed by atoms with E-state index in [1.165, 1.54) is 0 Å². The number of aromatic nitrogens is 2. The Kier molecular flexibility index (Phi) is 6.91. The summed E-state index contributed by atoms with van der Waals surface area (Å²) in [5.41, 5.74) is 2.96. The van der Waals surface area contributed by atoms with Crippen molar-refractivity contribution < 1.29 is 14.3 Å². The molecule has 1 N–H and O–H groups in total. The summed E-state index contributed by atoms with van der Waals surface area (Å²) >= 11 is 0. The summed E-state index contributed by atoms with van der Waals surface area (Å²) in [5.74, 6) is 0.378. The number of fused-ring (bicyclic) bond motifs is 1. The zero-order valence-corrected chi connectivity index (χ0v) is 17.4. The number of morpholine rings is 1. The summed E-state index contributed by atoms with van der Waals surface area (Å²) in [5, 5.41) is 0. The molecular weight excluding hydrogens is 356 g/mol. The molecule has 2 atom stereocenters. The fourth-order valence-electron chi connectivity index (χ4n) is 3.72. The Labute approximate surface area is 167 Å². The van der Waals surface area contributed by atoms with E-state index in [1.807, 2.05) is 6.07 Å². The van der Waals surface area contributed by atoms with Crippen LogP contribution >= 0.6 is 0 Å². The highest BCUT2D eigenvalue weighted by Gasteiger charge is 2.27. The Morgan fingerprint density at radius 1 is 1.36 bits per heavy atom. The molecule has 0 aliphatic carbocycles. The lowest BCUT2D eigenvalue weighted by atomic mass is 10.1. The highest BCUT2D eigenvalue weighted by molar-refractivity contribution is 5.81. The fourth-order valence-corrected chi connectivity index (χ4v) is 3.72. The van der Waals surface area contributed by atoms with Gasteiger partial charge in [0, 0.05) is 24.8 Å². The van der Waals surface area contributed by atoms with Gasteiger partial charge in [-0.15, -0.1) is 0 Å². The van der Waals surface area contributed by atoms with Crippen LogP contribution < -0.4 is 4.90 Å². The molecule has 3 rings (SSSR count). The quantitative estimate of drug-likeness (QED) is 0.701. The number of imidazole rings is 1. The molecule has 2 aromatic rings. The predicted molar refractivity (Wildman–Crippen MR) is 111 cm³/mol. The first-order valence-electron chi connectivity index (χ1n) is 10.3. The van der Waals surface area contributed by atoms with Gasteiger partial charge >= 0.3 is 5.97 Å². The van der Waals surface area contributed by atoms with Crippen LogP contribution in [-0.4, -0.2) is 72.4 Å². The van der Waals surface area contributed by atoms with Gasteiger partial charge in [0.2, 0.25) is 0 Å². The molecule has 28 heavy (non-hydrogen) atoms. The van der Waals surface area contributed by atoms with E-state index < -0.39 is 0 Å². The smallest absolute Gasteiger partial charge is 0.313 e. The monoisotopic (exact) mass is 388 g/mol. The Morgan fingerprint density at radius 2 is 2.14 bits per heavy atom. The van der Waals surface area contributed by atoms with E-state index in [-0.39, 0.29) is 18.5 Å². The summed E-state index contributed by atoms with van der Waals surface area (Å²) < 4.78 is 11.1. The number of ether oxygens (including phenoxy) is 2. The number of hydrogen-bond acceptors (Lipinski definition) is 6. The molecule has 7 heteroatoms. The van der Waals surface area contributed by atoms with Gasteiger partial charge in [0.1, 0.15) is 12.2 Å². The summed E-state index contributed by atoms with van der Waals surface area (Å²) in [6, 6.07) is 6.55. The normalized spacial score (nSPS) is 20.1. The molecule has 1 aromatic carbocycles. The van der Waals surface area contributed by atoms with E-state index >= 15 is 0 Å². The standard InChI is InChI=1S/C21H32N4O3/c1-5-24(6-2)12-17-13-25(15(4)14-28-17)16-8-9-18-19(10-16)23-20(22-18)11-21(26)27-7-3/h8-10,15,17H,5-7,11-14H2,1-4H3,(H,22,23)/t15-,17-/m1/s1. The lowest BCUT2D eigenvalue weighted by Crippen LogP contribution is -2.52. The number of benzene rings is 1. The maximum absolute atomic E-state index is 11.7. The molecule has 1 saturated heterocycles. The molecule has 154 valence electrons. The molecule has 0 spiro atoms. The Bertz CT molecular complexity index is 787. The van der Waals surface area contributed by atoms with Crippen LogP contribution in [0, 0.1) is 0 Å². The lowest BCUT2D eigenvalue weighted by molar-refractivity contribution is -0.142. The summed E-state index contributed by atoms with van der Waals surface area (Å²) in [6.07, 6.45) is 0.366. The number of likely N-dealkylation sites (N-methyl/N-ethyl adjacent to an activating group) is 1. The highest BCUT2D eigenvalue weighted by Crippen LogP contribution is 2.26. The topological polar surface area (TPSA) is 70.7 Å². The van der Waals surface area contributed by atoms with Crippen molar-refractivity contribution in [3.63, 3.8) is 0 Å². The summed E-state index contributed by atoms with van der Waals surface area (Å²) in [4.78, 5) is 24.3. The first-order valence-corrected chi connectivity index (χ1v) is 10.3. The number of esters is 1. The molecule has 0 amide bonds. The van der Waals surface area contributed by atoms with Crippen LogP contribution in [0.1, 0.15) is 33.5 Å². The third kappa shape index (κ3) is 4.83. The third-order valence-electron chi connectivity index (χ3n) is 5.33. The van der Waals surface area contributed by atoms with Gasteiger partial charge in [-0.3, -0.25) is 4.79 Å². The van der Waals surface area contributed by atoms with Gasteiger partial charge in [-0.25, -0.2) is 4.98 Å². The van der Waals surface area contributed by atoms with Crippen molar-refractivity contribution >= 4 is 22.7 Å². The fraction of sp³-hybridized carbons (Fsp3) is 0.619. The van der Waals surface area contributed by atoms with Crippen LogP contribution in [0.25, 0.3) is 11.0 Å². The minimum absolute atomic E-state index is 0.164. The lowest BCUT2D eigenvalue weighted by Gasteiger charge is -2.41. The number of rotatable bonds is 8. The molecule has 0 bridgehead atoms. The van der Waals surface area contributed by atoms with Gasteiger partial charge in [0.05, 0.1) is 30.4 Å². The van der Waals surface area contributed by atoms with E-state index in [2.05, 4.69) is 52.7 Å². The molecule has 1 fully saturated rings. The van der Waals surface area contributed by atoms with Crippen LogP contribution in [0.3, 0.4) is 0 Å². The van der Waals surface area contributed by atoms with Crippen molar-refractivity contribution in [2.75, 3.05) is 44.3 Å². The van der Waals surface area contributed by atoms with Gasteiger partial charge in [0.25, 0.3) is 0 Å². The second kappa shape index (κ2) is 9.39. The molecule has 0 unspecified atom stereocenters. The molecule has 7 nitrogen and oxygen atoms in total. The van der Waals surface area contributed by atoms with Crippen molar-refractivity contribution in [3.05, 3.63) is 24.0 Å². The summed E-state index contributed by atoms with van der Waals surface area (Å²) in [7, 11) is 0. The second-order valence-corrected chi connectivity index (χ2v) is 7.31. The largest absolute Gasteiger partial charge is 0.466 e. The van der Waals surface area contributed by atoms with Gasteiger partial charge in [-0.1, -0.05) is 13.8 Å². The van der Waals surface area contributed by atoms with E-state index in [0.29, 0.717) is 18.5 Å². The molecule has 1 aliphatic heterocycles. The summed E-state index contributed by atoms with van der Waals surface area (Å²) in [6.45, 7) is 13.4. The number of hydrogen-bond donors (Lipinski definition) is 1. The first kappa shape index (κ1) is 20.6. The number of nitrogens with zero attached hydrogens (tertiary/aromatic N) is 3. The number of carbonyl (C=O) groups is 1. The van der Waals surface area contributed by atoms with Crippen molar-refractivity contribution in [2.24, 2.45) is 0 Å². The molecule has 1 aliphatic rings. The Morgan fingerprint density at radius 3 is 2.86 bits per heavy atom. The van der Waals surface area contributed by atoms with Gasteiger partial charge in [0.15, 0.2) is 0 Å². The van der Waals surface area contributed by atoms with Crippen molar-refractivity contribution in [2.45, 2.75) is 46.3 Å². The Hall–Kier alpha value is -2.12. The molecule has 2 heterocycles. The SMILES string of the molecule is CCOC(=O)Cc1nc2ccc(N3C[C@@H](CN(CC)CC)OC[C@H]3C)cc2[nH]1. The van der Waals surface area contributed by atoms with Gasteiger partial charge in [-0.2, -0.15) is 0 Å². The predicted octanol–water partition coefficient (Wildman–Crippen LogP) is 2.60. The maximum atomic E-state index is 11.7. The van der Waals surface area contributed by atoms with Crippen molar-refractivity contribution in [1.29, 1.82) is 0 Å². The number of nitrogens with one attached hydrogen (secondary N) is 1. The molecule has 1 aromatic heterocycles. The number of anilines is 1. The van der Waals surface area contributed by atoms with Gasteiger partial charge < -0.3 is 24.3 Å². The van der Waals surface area contributed by atoms with E-state index in [4.69, 9.17) is 9.47 Å². The van der Waals surface area contributed by atoms with Crippen LogP contribution in [0.15, 0.2) is 18.2 Å². The van der Waals surface area contributed by atoms with Crippen LogP contribution in [-0.2, 0) is 20.7 Å². The van der Waals surface area contributed by atoms with E-state index in [9.17, 15) is 4.79 Å². The number of aromatic amines is 1. The number of H-pyrrole nitrogens is 1. The van der Waals surface area contributed by atoms with Gasteiger partial charge in [-0.05, 0) is 45.1 Å². The van der Waals surface area contributed by atoms with E-state index in [0.717, 1.165) is 49.5 Å². The average molecular weight is 389 g/mol. The van der Waals surface area contributed by atoms with Crippen LogP contribution in [0.2, 0.25) is 0 Å². The molecule has 0 radical (unpaired) electrons. The first-order chi connectivity index (χ1) is 13.5. The third-order valence-corrected chi connectivity index (χ3v) is 5.33. The minimum atomic E-state index is -0.261. The van der Waals surface area contributed by atoms with Crippen molar-refractivity contribution in [1.82, 2.24) is 14.9 Å². The highest BCUT2D eigenvalue weighted by atomic mass is 16.5. The van der Waals surface area contributed by atoms with Crippen LogP contribution in [0.5, 0.6) is 0 Å². The number of carbonyl (C=O) groups excluding carboxylic acids is 1. The molecule has 0 saturated carbocycles. The second-order valence-electron chi connectivity index (χ2n) is 7.31. The van der Waals surface area contributed by atoms with Crippen LogP contribution in [0.4, 0.5) is 5.69 Å². The van der Waals surface area contributed by atoms with E-state index in [1.54, 1.807) is 6.92 Å². The Balaban J connectivity index is 1.74. The maximum Gasteiger partial charge on any atom is 0.313 e.